The number of aliphatic hydroxyl groups excluding tert-OH is 1. The lowest BCUT2D eigenvalue weighted by atomic mass is 10.1. The number of hydrogen-bond donors (Lipinski definition) is 3. The number of halogens is 2. The van der Waals surface area contributed by atoms with Crippen LogP contribution in [0.5, 0.6) is 0 Å². The van der Waals surface area contributed by atoms with E-state index in [1.165, 1.54) is 12.3 Å². The van der Waals surface area contributed by atoms with Crippen LogP contribution in [0, 0.1) is 0 Å². The summed E-state index contributed by atoms with van der Waals surface area (Å²) in [5.74, 6) is -2.94. The number of alkyl carbamates (subject to hydrolysis) is 1. The molecule has 6 nitrogen and oxygen atoms in total. The molecule has 1 atom stereocenters. The summed E-state index contributed by atoms with van der Waals surface area (Å²) in [6.45, 7) is 6.52. The zero-order valence-electron chi connectivity index (χ0n) is 14.4. The van der Waals surface area contributed by atoms with Crippen LogP contribution in [0.2, 0.25) is 0 Å². The number of aromatic nitrogens is 1. The van der Waals surface area contributed by atoms with Crippen LogP contribution in [0.1, 0.15) is 38.8 Å². The molecule has 0 bridgehead atoms. The first-order valence-corrected chi connectivity index (χ1v) is 7.65. The van der Waals surface area contributed by atoms with Gasteiger partial charge in [-0.3, -0.25) is 4.98 Å². The molecule has 0 aliphatic heterocycles. The maximum Gasteiger partial charge on any atom is 0.407 e. The predicted molar refractivity (Wildman–Crippen MR) is 85.8 cm³/mol. The summed E-state index contributed by atoms with van der Waals surface area (Å²) in [7, 11) is 0. The molecule has 0 aromatic carbocycles. The summed E-state index contributed by atoms with van der Waals surface area (Å²) in [4.78, 5) is 15.2. The summed E-state index contributed by atoms with van der Waals surface area (Å²) in [5, 5.41) is 15.2. The van der Waals surface area contributed by atoms with Gasteiger partial charge in [-0.1, -0.05) is 0 Å². The van der Waals surface area contributed by atoms with Crippen molar-refractivity contribution in [1.29, 1.82) is 0 Å². The summed E-state index contributed by atoms with van der Waals surface area (Å²) in [5.41, 5.74) is -0.178. The molecule has 1 aromatic rings. The molecule has 0 unspecified atom stereocenters. The lowest BCUT2D eigenvalue weighted by Crippen LogP contribution is -2.40. The number of nitrogens with zero attached hydrogens (tertiary/aromatic N) is 1. The highest BCUT2D eigenvalue weighted by molar-refractivity contribution is 5.67. The molecular formula is C16H25F2N3O3. The average molecular weight is 345 g/mol. The van der Waals surface area contributed by atoms with E-state index in [0.717, 1.165) is 13.1 Å². The number of rotatable bonds is 7. The van der Waals surface area contributed by atoms with Gasteiger partial charge in [-0.2, -0.15) is 0 Å². The van der Waals surface area contributed by atoms with Gasteiger partial charge in [-0.25, -0.2) is 13.6 Å². The molecular weight excluding hydrogens is 320 g/mol. The number of nitrogens with one attached hydrogen (secondary N) is 2. The number of hydrogen-bond acceptors (Lipinski definition) is 5. The molecule has 0 spiro atoms. The van der Waals surface area contributed by atoms with Crippen LogP contribution in [0.15, 0.2) is 18.5 Å². The Bertz CT molecular complexity index is 542. The lowest BCUT2D eigenvalue weighted by Gasteiger charge is -2.20. The van der Waals surface area contributed by atoms with E-state index in [9.17, 15) is 18.7 Å². The highest BCUT2D eigenvalue weighted by Crippen LogP contribution is 2.26. The Morgan fingerprint density at radius 3 is 2.54 bits per heavy atom. The number of carbonyl (C=O) groups is 1. The molecule has 0 fully saturated rings. The van der Waals surface area contributed by atoms with Crippen LogP contribution >= 0.6 is 0 Å². The Kier molecular flexibility index (Phi) is 7.04. The molecule has 1 amide bonds. The van der Waals surface area contributed by atoms with Crippen LogP contribution < -0.4 is 10.6 Å². The Labute approximate surface area is 140 Å². The third-order valence-electron chi connectivity index (χ3n) is 2.89. The van der Waals surface area contributed by atoms with E-state index in [0.29, 0.717) is 5.56 Å². The molecule has 0 aliphatic rings. The topological polar surface area (TPSA) is 83.5 Å². The monoisotopic (exact) mass is 345 g/mol. The van der Waals surface area contributed by atoms with Gasteiger partial charge in [0.2, 0.25) is 0 Å². The normalized spacial score (nSPS) is 13.5. The van der Waals surface area contributed by atoms with E-state index in [-0.39, 0.29) is 25.2 Å². The number of ether oxygens (including phenoxy) is 1. The first kappa shape index (κ1) is 20.2. The van der Waals surface area contributed by atoms with Crippen molar-refractivity contribution in [2.24, 2.45) is 0 Å². The molecule has 1 heterocycles. The largest absolute Gasteiger partial charge is 0.444 e. The Morgan fingerprint density at radius 2 is 1.96 bits per heavy atom. The van der Waals surface area contributed by atoms with Crippen molar-refractivity contribution >= 4 is 6.09 Å². The van der Waals surface area contributed by atoms with Gasteiger partial charge in [0.1, 0.15) is 5.60 Å². The van der Waals surface area contributed by atoms with Gasteiger partial charge < -0.3 is 20.5 Å². The summed E-state index contributed by atoms with van der Waals surface area (Å²) in [6.07, 6.45) is 1.17. The summed E-state index contributed by atoms with van der Waals surface area (Å²) >= 11 is 0. The highest BCUT2D eigenvalue weighted by Gasteiger charge is 2.24. The van der Waals surface area contributed by atoms with E-state index in [1.54, 1.807) is 20.8 Å². The molecule has 3 N–H and O–H groups in total. The van der Waals surface area contributed by atoms with E-state index in [2.05, 4.69) is 15.6 Å². The Hall–Kier alpha value is -1.80. The second-order valence-electron chi connectivity index (χ2n) is 6.64. The summed E-state index contributed by atoms with van der Waals surface area (Å²) < 4.78 is 31.5. The quantitative estimate of drug-likeness (QED) is 0.705. The van der Waals surface area contributed by atoms with Crippen molar-refractivity contribution in [2.75, 3.05) is 13.1 Å². The molecule has 24 heavy (non-hydrogen) atoms. The molecule has 8 heteroatoms. The van der Waals surface area contributed by atoms with Crippen molar-refractivity contribution in [1.82, 2.24) is 15.6 Å². The summed E-state index contributed by atoms with van der Waals surface area (Å²) in [6, 6.07) is 1.37. The van der Waals surface area contributed by atoms with Crippen LogP contribution in [-0.4, -0.2) is 41.0 Å². The van der Waals surface area contributed by atoms with E-state index in [4.69, 9.17) is 4.74 Å². The standard InChI is InChI=1S/C16H25F2N3O3/c1-15(2,3)24-14(23)21-10-13(22)9-20-7-11-5-12(8-19-6-11)16(4,17)18/h5-6,8,13,20,22H,7,9-10H2,1-4H3,(H,21,23)/t13-/m1/s1. The van der Waals surface area contributed by atoms with Crippen molar-refractivity contribution in [3.8, 4) is 0 Å². The van der Waals surface area contributed by atoms with Crippen molar-refractivity contribution in [2.45, 2.75) is 51.9 Å². The maximum absolute atomic E-state index is 13.2. The van der Waals surface area contributed by atoms with Crippen LogP contribution in [0.4, 0.5) is 13.6 Å². The van der Waals surface area contributed by atoms with E-state index >= 15 is 0 Å². The molecule has 136 valence electrons. The van der Waals surface area contributed by atoms with Crippen molar-refractivity contribution in [3.63, 3.8) is 0 Å². The predicted octanol–water partition coefficient (Wildman–Crippen LogP) is 2.17. The Morgan fingerprint density at radius 1 is 1.29 bits per heavy atom. The zero-order valence-corrected chi connectivity index (χ0v) is 14.4. The highest BCUT2D eigenvalue weighted by atomic mass is 19.3. The van der Waals surface area contributed by atoms with Gasteiger partial charge in [-0.05, 0) is 32.4 Å². The molecule has 1 rings (SSSR count). The van der Waals surface area contributed by atoms with Gasteiger partial charge in [0, 0.05) is 44.5 Å². The van der Waals surface area contributed by atoms with Crippen LogP contribution in [0.25, 0.3) is 0 Å². The number of alkyl halides is 2. The first-order chi connectivity index (χ1) is 11.0. The molecule has 0 aliphatic carbocycles. The second kappa shape index (κ2) is 8.34. The number of pyridine rings is 1. The molecule has 1 aromatic heterocycles. The number of aliphatic hydroxyl groups is 1. The number of amides is 1. The fraction of sp³-hybridized carbons (Fsp3) is 0.625. The van der Waals surface area contributed by atoms with Crippen molar-refractivity contribution < 1.29 is 23.4 Å². The van der Waals surface area contributed by atoms with E-state index in [1.807, 2.05) is 0 Å². The van der Waals surface area contributed by atoms with Gasteiger partial charge in [-0.15, -0.1) is 0 Å². The fourth-order valence-electron chi connectivity index (χ4n) is 1.79. The van der Waals surface area contributed by atoms with Gasteiger partial charge >= 0.3 is 6.09 Å². The molecule has 0 saturated carbocycles. The zero-order chi connectivity index (χ0) is 18.4. The van der Waals surface area contributed by atoms with Gasteiger partial charge in [0.15, 0.2) is 0 Å². The van der Waals surface area contributed by atoms with Crippen LogP contribution in [0.3, 0.4) is 0 Å². The van der Waals surface area contributed by atoms with E-state index < -0.39 is 23.7 Å². The molecule has 0 radical (unpaired) electrons. The minimum atomic E-state index is -2.94. The fourth-order valence-corrected chi connectivity index (χ4v) is 1.79. The first-order valence-electron chi connectivity index (χ1n) is 7.65. The minimum absolute atomic E-state index is 0.0211. The van der Waals surface area contributed by atoms with Crippen molar-refractivity contribution in [3.05, 3.63) is 29.6 Å². The number of carbonyl (C=O) groups excluding carboxylic acids is 1. The maximum atomic E-state index is 13.2. The van der Waals surface area contributed by atoms with Gasteiger partial charge in [0.25, 0.3) is 5.92 Å². The SMILES string of the molecule is CC(C)(C)OC(=O)NC[C@H](O)CNCc1cncc(C(C)(F)F)c1. The lowest BCUT2D eigenvalue weighted by molar-refractivity contribution is 0.0170. The third-order valence-corrected chi connectivity index (χ3v) is 2.89. The van der Waals surface area contributed by atoms with Gasteiger partial charge in [0.05, 0.1) is 6.10 Å². The molecule has 0 saturated heterocycles. The smallest absolute Gasteiger partial charge is 0.407 e. The third kappa shape index (κ3) is 8.16. The van der Waals surface area contributed by atoms with Crippen LogP contribution in [-0.2, 0) is 17.2 Å². The Balaban J connectivity index is 2.33. The minimum Gasteiger partial charge on any atom is -0.444 e. The average Bonchev–Trinajstić information content (AvgIpc) is 2.43. The second-order valence-corrected chi connectivity index (χ2v) is 6.64.